The van der Waals surface area contributed by atoms with Crippen molar-refractivity contribution in [3.63, 3.8) is 0 Å². The van der Waals surface area contributed by atoms with Gasteiger partial charge in [-0.3, -0.25) is 0 Å². The Labute approximate surface area is 86.5 Å². The minimum absolute atomic E-state index is 0. The van der Waals surface area contributed by atoms with E-state index in [0.717, 1.165) is 19.6 Å². The van der Waals surface area contributed by atoms with Crippen molar-refractivity contribution in [3.05, 3.63) is 12.2 Å². The van der Waals surface area contributed by atoms with Crippen LogP contribution >= 0.6 is 0 Å². The van der Waals surface area contributed by atoms with E-state index in [-0.39, 0.29) is 51.4 Å². The van der Waals surface area contributed by atoms with Crippen molar-refractivity contribution in [1.82, 2.24) is 0 Å². The minimum Gasteiger partial charge on any atom is -0.496 e. The Morgan fingerprint density at radius 3 is 2.57 bits per heavy atom. The first kappa shape index (κ1) is 8.34. The van der Waals surface area contributed by atoms with E-state index < -0.39 is 0 Å². The maximum absolute atomic E-state index is 4.95. The second-order valence-electron chi connectivity index (χ2n) is 1.23. The van der Waals surface area contributed by atoms with Gasteiger partial charge >= 0.3 is 51.4 Å². The third-order valence-electron chi connectivity index (χ3n) is 0.736. The summed E-state index contributed by atoms with van der Waals surface area (Å²) in [5.41, 5.74) is 0. The molecule has 0 aromatic carbocycles. The number of hydrogen-bond acceptors (Lipinski definition) is 1. The first-order valence-corrected chi connectivity index (χ1v) is 2.13. The molecule has 0 unspecified atom stereocenters. The predicted molar refractivity (Wildman–Crippen MR) is 23.2 cm³/mol. The standard InChI is InChI=1S/C5H7O.K/c1-2-4-6-5-3-1;/h2H,3-5H2;/q-1;+1. The van der Waals surface area contributed by atoms with Crippen molar-refractivity contribution >= 4 is 0 Å². The van der Waals surface area contributed by atoms with Crippen molar-refractivity contribution in [2.24, 2.45) is 0 Å². The van der Waals surface area contributed by atoms with Crippen molar-refractivity contribution in [2.75, 3.05) is 13.2 Å². The maximum Gasteiger partial charge on any atom is 1.00 e. The van der Waals surface area contributed by atoms with E-state index in [1.807, 2.05) is 6.08 Å². The van der Waals surface area contributed by atoms with Gasteiger partial charge < -0.3 is 10.8 Å². The Hall–Kier alpha value is 1.34. The Morgan fingerprint density at radius 1 is 1.57 bits per heavy atom. The van der Waals surface area contributed by atoms with Gasteiger partial charge in [0.1, 0.15) is 0 Å². The molecule has 0 atom stereocenters. The maximum atomic E-state index is 4.95. The molecule has 0 N–H and O–H groups in total. The SMILES string of the molecule is [C-]1=CCOCC1.[K+]. The molecular weight excluding hydrogens is 115 g/mol. The van der Waals surface area contributed by atoms with Gasteiger partial charge in [-0.2, -0.15) is 6.42 Å². The number of hydrogen-bond donors (Lipinski definition) is 0. The first-order chi connectivity index (χ1) is 3.00. The van der Waals surface area contributed by atoms with Crippen LogP contribution in [0.5, 0.6) is 0 Å². The molecule has 0 aromatic rings. The van der Waals surface area contributed by atoms with E-state index in [2.05, 4.69) is 6.08 Å². The number of ether oxygens (including phenoxy) is 1. The average Bonchev–Trinajstić information content (AvgIpc) is 1.72. The molecule has 1 nitrogen and oxygen atoms in total. The molecular formula is C5H7KO. The van der Waals surface area contributed by atoms with Gasteiger partial charge in [-0.15, -0.1) is 0 Å². The third-order valence-corrected chi connectivity index (χ3v) is 0.736. The summed E-state index contributed by atoms with van der Waals surface area (Å²) in [5, 5.41) is 0. The van der Waals surface area contributed by atoms with Crippen molar-refractivity contribution in [2.45, 2.75) is 6.42 Å². The monoisotopic (exact) mass is 122 g/mol. The molecule has 34 valence electrons. The Morgan fingerprint density at radius 2 is 2.43 bits per heavy atom. The van der Waals surface area contributed by atoms with Crippen LogP contribution in [0, 0.1) is 6.08 Å². The summed E-state index contributed by atoms with van der Waals surface area (Å²) in [7, 11) is 0. The fourth-order valence-electron chi connectivity index (χ4n) is 0.434. The molecule has 1 heterocycles. The predicted octanol–water partition coefficient (Wildman–Crippen LogP) is -2.23. The van der Waals surface area contributed by atoms with Crippen LogP contribution in [0.1, 0.15) is 6.42 Å². The van der Waals surface area contributed by atoms with Gasteiger partial charge in [-0.05, 0) is 0 Å². The van der Waals surface area contributed by atoms with E-state index in [4.69, 9.17) is 4.74 Å². The fraction of sp³-hybridized carbons (Fsp3) is 0.600. The summed E-state index contributed by atoms with van der Waals surface area (Å²) in [4.78, 5) is 0. The van der Waals surface area contributed by atoms with Gasteiger partial charge in [0.25, 0.3) is 0 Å². The summed E-state index contributed by atoms with van der Waals surface area (Å²) in [5.74, 6) is 0. The molecule has 0 fully saturated rings. The first-order valence-electron chi connectivity index (χ1n) is 2.13. The minimum atomic E-state index is 0. The van der Waals surface area contributed by atoms with E-state index in [9.17, 15) is 0 Å². The van der Waals surface area contributed by atoms with Crippen LogP contribution in [0.3, 0.4) is 0 Å². The average molecular weight is 122 g/mol. The van der Waals surface area contributed by atoms with Gasteiger partial charge in [0.15, 0.2) is 0 Å². The quantitative estimate of drug-likeness (QED) is 0.261. The molecule has 1 rings (SSSR count). The second kappa shape index (κ2) is 5.47. The van der Waals surface area contributed by atoms with Gasteiger partial charge in [0.2, 0.25) is 0 Å². The summed E-state index contributed by atoms with van der Waals surface area (Å²) in [6, 6.07) is 0. The largest absolute Gasteiger partial charge is 1.00 e. The fourth-order valence-corrected chi connectivity index (χ4v) is 0.434. The molecule has 0 aromatic heterocycles. The van der Waals surface area contributed by atoms with Crippen LogP contribution in [0.2, 0.25) is 0 Å². The summed E-state index contributed by atoms with van der Waals surface area (Å²) in [6.45, 7) is 1.62. The molecule has 1 aliphatic heterocycles. The molecule has 0 radical (unpaired) electrons. The van der Waals surface area contributed by atoms with Crippen LogP contribution in [0.15, 0.2) is 6.08 Å². The second-order valence-corrected chi connectivity index (χ2v) is 1.23. The van der Waals surface area contributed by atoms with Crippen LogP contribution in [-0.4, -0.2) is 13.2 Å². The molecule has 0 saturated heterocycles. The Bertz CT molecular complexity index is 53.1. The van der Waals surface area contributed by atoms with Gasteiger partial charge in [0, 0.05) is 13.2 Å². The van der Waals surface area contributed by atoms with Crippen LogP contribution in [0.4, 0.5) is 0 Å². The van der Waals surface area contributed by atoms with Crippen molar-refractivity contribution < 1.29 is 56.1 Å². The van der Waals surface area contributed by atoms with Crippen molar-refractivity contribution in [3.8, 4) is 0 Å². The Balaban J connectivity index is 0.000000360. The van der Waals surface area contributed by atoms with E-state index >= 15 is 0 Å². The molecule has 0 spiro atoms. The molecule has 7 heavy (non-hydrogen) atoms. The Kier molecular flexibility index (Phi) is 6.52. The summed E-state index contributed by atoms with van der Waals surface area (Å²) in [6.07, 6.45) is 5.93. The molecule has 0 saturated carbocycles. The zero-order valence-corrected chi connectivity index (χ0v) is 7.73. The zero-order chi connectivity index (χ0) is 4.24. The third kappa shape index (κ3) is 3.88. The number of rotatable bonds is 0. The normalized spacial score (nSPS) is 18.3. The molecule has 1 aliphatic rings. The van der Waals surface area contributed by atoms with Crippen LogP contribution < -0.4 is 51.4 Å². The molecule has 2 heteroatoms. The van der Waals surface area contributed by atoms with Crippen LogP contribution in [0.25, 0.3) is 0 Å². The topological polar surface area (TPSA) is 9.23 Å². The van der Waals surface area contributed by atoms with Gasteiger partial charge in [-0.1, -0.05) is 0 Å². The summed E-state index contributed by atoms with van der Waals surface area (Å²) < 4.78 is 4.95. The van der Waals surface area contributed by atoms with Gasteiger partial charge in [0.05, 0.1) is 0 Å². The van der Waals surface area contributed by atoms with E-state index in [1.165, 1.54) is 0 Å². The van der Waals surface area contributed by atoms with E-state index in [0.29, 0.717) is 0 Å². The van der Waals surface area contributed by atoms with Gasteiger partial charge in [-0.25, -0.2) is 6.08 Å². The summed E-state index contributed by atoms with van der Waals surface area (Å²) >= 11 is 0. The molecule has 0 aliphatic carbocycles. The molecule has 0 amide bonds. The smallest absolute Gasteiger partial charge is 0.496 e. The molecule has 0 bridgehead atoms. The van der Waals surface area contributed by atoms with Crippen molar-refractivity contribution in [1.29, 1.82) is 0 Å². The van der Waals surface area contributed by atoms with Crippen LogP contribution in [-0.2, 0) is 4.74 Å². The van der Waals surface area contributed by atoms with E-state index in [1.54, 1.807) is 0 Å². The zero-order valence-electron chi connectivity index (χ0n) is 4.61.